The van der Waals surface area contributed by atoms with E-state index in [1.54, 1.807) is 11.1 Å². The standard InChI is InChI=1S/C22H20N4O2/c1-15-17(22(28)25-21(24-15)16-7-3-2-4-8-16)11-12-20(27)26-14-13-23-18-9-5-6-10-19(18)26/h2-10,13H,11-12,14H2,1H3,(H,24,25,28). The summed E-state index contributed by atoms with van der Waals surface area (Å²) in [4.78, 5) is 38.8. The van der Waals surface area contributed by atoms with Crippen LogP contribution in [0.4, 0.5) is 11.4 Å². The average Bonchev–Trinajstić information content (AvgIpc) is 2.73. The number of aliphatic imine (C=N–C) groups is 1. The van der Waals surface area contributed by atoms with E-state index in [-0.39, 0.29) is 17.9 Å². The van der Waals surface area contributed by atoms with Gasteiger partial charge in [0.2, 0.25) is 5.91 Å². The van der Waals surface area contributed by atoms with Crippen LogP contribution in [0.1, 0.15) is 17.7 Å². The number of amides is 1. The molecule has 4 rings (SSSR count). The summed E-state index contributed by atoms with van der Waals surface area (Å²) in [7, 11) is 0. The SMILES string of the molecule is Cc1nc(-c2ccccc2)[nH]c(=O)c1CCC(=O)N1CC=Nc2ccccc21. The maximum absolute atomic E-state index is 12.8. The van der Waals surface area contributed by atoms with Crippen molar-refractivity contribution in [3.8, 4) is 11.4 Å². The first kappa shape index (κ1) is 17.9. The molecule has 0 fully saturated rings. The summed E-state index contributed by atoms with van der Waals surface area (Å²) in [5.41, 5.74) is 3.44. The second-order valence-corrected chi connectivity index (χ2v) is 6.65. The van der Waals surface area contributed by atoms with Crippen molar-refractivity contribution in [2.24, 2.45) is 4.99 Å². The highest BCUT2D eigenvalue weighted by Crippen LogP contribution is 2.30. The lowest BCUT2D eigenvalue weighted by molar-refractivity contribution is -0.118. The van der Waals surface area contributed by atoms with Crippen molar-refractivity contribution in [3.05, 3.63) is 76.2 Å². The normalized spacial score (nSPS) is 12.7. The van der Waals surface area contributed by atoms with Gasteiger partial charge in [-0.3, -0.25) is 14.6 Å². The van der Waals surface area contributed by atoms with Crippen LogP contribution in [0.3, 0.4) is 0 Å². The third kappa shape index (κ3) is 3.49. The average molecular weight is 372 g/mol. The van der Waals surface area contributed by atoms with Gasteiger partial charge < -0.3 is 9.88 Å². The molecule has 2 aromatic carbocycles. The molecule has 1 amide bonds. The summed E-state index contributed by atoms with van der Waals surface area (Å²) in [5.74, 6) is 0.504. The van der Waals surface area contributed by atoms with Crippen LogP contribution in [0, 0.1) is 6.92 Å². The third-order valence-electron chi connectivity index (χ3n) is 4.83. The Morgan fingerprint density at radius 1 is 1.11 bits per heavy atom. The summed E-state index contributed by atoms with van der Waals surface area (Å²) in [6.45, 7) is 2.25. The summed E-state index contributed by atoms with van der Waals surface area (Å²) >= 11 is 0. The Labute approximate surface area is 162 Å². The predicted octanol–water partition coefficient (Wildman–Crippen LogP) is 3.43. The molecule has 1 aliphatic heterocycles. The molecule has 28 heavy (non-hydrogen) atoms. The molecular weight excluding hydrogens is 352 g/mol. The summed E-state index contributed by atoms with van der Waals surface area (Å²) in [6.07, 6.45) is 2.31. The molecule has 0 atom stereocenters. The topological polar surface area (TPSA) is 78.4 Å². The summed E-state index contributed by atoms with van der Waals surface area (Å²) in [6, 6.07) is 17.1. The van der Waals surface area contributed by atoms with E-state index < -0.39 is 0 Å². The molecule has 2 heterocycles. The van der Waals surface area contributed by atoms with Gasteiger partial charge in [0, 0.05) is 29.5 Å². The number of benzene rings is 2. The molecule has 6 heteroatoms. The molecule has 0 saturated heterocycles. The molecule has 1 aromatic heterocycles. The van der Waals surface area contributed by atoms with Gasteiger partial charge in [-0.2, -0.15) is 0 Å². The van der Waals surface area contributed by atoms with E-state index in [4.69, 9.17) is 0 Å². The lowest BCUT2D eigenvalue weighted by Crippen LogP contribution is -2.34. The second-order valence-electron chi connectivity index (χ2n) is 6.65. The van der Waals surface area contributed by atoms with Crippen molar-refractivity contribution in [3.63, 3.8) is 0 Å². The molecule has 0 spiro atoms. The number of aromatic amines is 1. The lowest BCUT2D eigenvalue weighted by Gasteiger charge is -2.25. The Morgan fingerprint density at radius 2 is 1.86 bits per heavy atom. The number of aromatic nitrogens is 2. The van der Waals surface area contributed by atoms with Crippen LogP contribution in [0.2, 0.25) is 0 Å². The van der Waals surface area contributed by atoms with Crippen LogP contribution in [0.25, 0.3) is 11.4 Å². The summed E-state index contributed by atoms with van der Waals surface area (Å²) < 4.78 is 0. The molecule has 140 valence electrons. The number of hydrogen-bond donors (Lipinski definition) is 1. The minimum absolute atomic E-state index is 0.0375. The first-order valence-corrected chi connectivity index (χ1v) is 9.20. The van der Waals surface area contributed by atoms with E-state index in [2.05, 4.69) is 15.0 Å². The van der Waals surface area contributed by atoms with Crippen molar-refractivity contribution < 1.29 is 4.79 Å². The number of para-hydroxylation sites is 2. The summed E-state index contributed by atoms with van der Waals surface area (Å²) in [5, 5.41) is 0. The fraction of sp³-hybridized carbons (Fsp3) is 0.182. The first-order chi connectivity index (χ1) is 13.6. The Kier molecular flexibility index (Phi) is 4.85. The monoisotopic (exact) mass is 372 g/mol. The van der Waals surface area contributed by atoms with Gasteiger partial charge in [0.15, 0.2) is 0 Å². The zero-order chi connectivity index (χ0) is 19.5. The zero-order valence-electron chi connectivity index (χ0n) is 15.6. The maximum Gasteiger partial charge on any atom is 0.254 e. The van der Waals surface area contributed by atoms with Crippen LogP contribution >= 0.6 is 0 Å². The molecule has 0 radical (unpaired) electrons. The number of rotatable bonds is 4. The van der Waals surface area contributed by atoms with E-state index in [1.165, 1.54) is 0 Å². The molecule has 1 N–H and O–H groups in total. The number of carbonyl (C=O) groups excluding carboxylic acids is 1. The van der Waals surface area contributed by atoms with Crippen LogP contribution in [-0.4, -0.2) is 28.6 Å². The Bertz CT molecular complexity index is 1100. The number of anilines is 1. The largest absolute Gasteiger partial charge is 0.306 e. The Hall–Kier alpha value is -3.54. The fourth-order valence-corrected chi connectivity index (χ4v) is 3.36. The minimum atomic E-state index is -0.195. The molecule has 0 bridgehead atoms. The first-order valence-electron chi connectivity index (χ1n) is 9.20. The quantitative estimate of drug-likeness (QED) is 0.762. The highest BCUT2D eigenvalue weighted by atomic mass is 16.2. The van der Waals surface area contributed by atoms with E-state index in [9.17, 15) is 9.59 Å². The zero-order valence-corrected chi connectivity index (χ0v) is 15.6. The van der Waals surface area contributed by atoms with E-state index in [1.807, 2.05) is 61.5 Å². The number of carbonyl (C=O) groups is 1. The van der Waals surface area contributed by atoms with Gasteiger partial charge in [0.1, 0.15) is 5.82 Å². The number of fused-ring (bicyclic) bond motifs is 1. The molecule has 1 aliphatic rings. The van der Waals surface area contributed by atoms with Crippen molar-refractivity contribution in [1.29, 1.82) is 0 Å². The van der Waals surface area contributed by atoms with Gasteiger partial charge in [-0.05, 0) is 25.5 Å². The van der Waals surface area contributed by atoms with Crippen LogP contribution in [0.5, 0.6) is 0 Å². The molecule has 0 aliphatic carbocycles. The number of hydrogen-bond acceptors (Lipinski definition) is 4. The van der Waals surface area contributed by atoms with Gasteiger partial charge in [0.25, 0.3) is 5.56 Å². The van der Waals surface area contributed by atoms with Gasteiger partial charge in [-0.1, -0.05) is 42.5 Å². The van der Waals surface area contributed by atoms with Crippen LogP contribution < -0.4 is 10.5 Å². The van der Waals surface area contributed by atoms with Crippen molar-refractivity contribution >= 4 is 23.5 Å². The van der Waals surface area contributed by atoms with Crippen molar-refractivity contribution in [2.45, 2.75) is 19.8 Å². The van der Waals surface area contributed by atoms with E-state index >= 15 is 0 Å². The smallest absolute Gasteiger partial charge is 0.254 e. The van der Waals surface area contributed by atoms with Crippen LogP contribution in [0.15, 0.2) is 64.4 Å². The molecule has 3 aromatic rings. The number of nitrogens with zero attached hydrogens (tertiary/aromatic N) is 3. The van der Waals surface area contributed by atoms with Gasteiger partial charge >= 0.3 is 0 Å². The van der Waals surface area contributed by atoms with E-state index in [0.29, 0.717) is 30.0 Å². The highest BCUT2D eigenvalue weighted by molar-refractivity contribution is 6.01. The maximum atomic E-state index is 12.8. The molecule has 6 nitrogen and oxygen atoms in total. The third-order valence-corrected chi connectivity index (χ3v) is 4.83. The minimum Gasteiger partial charge on any atom is -0.306 e. The highest BCUT2D eigenvalue weighted by Gasteiger charge is 2.21. The van der Waals surface area contributed by atoms with Gasteiger partial charge in [-0.25, -0.2) is 4.98 Å². The number of nitrogens with one attached hydrogen (secondary N) is 1. The Morgan fingerprint density at radius 3 is 2.64 bits per heavy atom. The van der Waals surface area contributed by atoms with Crippen molar-refractivity contribution in [1.82, 2.24) is 9.97 Å². The van der Waals surface area contributed by atoms with Crippen molar-refractivity contribution in [2.75, 3.05) is 11.4 Å². The number of aryl methyl sites for hydroxylation is 1. The van der Waals surface area contributed by atoms with E-state index in [0.717, 1.165) is 16.9 Å². The Balaban J connectivity index is 1.52. The fourth-order valence-electron chi connectivity index (χ4n) is 3.36. The van der Waals surface area contributed by atoms with Crippen LogP contribution in [-0.2, 0) is 11.2 Å². The lowest BCUT2D eigenvalue weighted by atomic mass is 10.1. The molecular formula is C22H20N4O2. The molecule has 0 saturated carbocycles. The van der Waals surface area contributed by atoms with Gasteiger partial charge in [-0.15, -0.1) is 0 Å². The molecule has 0 unspecified atom stereocenters. The number of H-pyrrole nitrogens is 1. The van der Waals surface area contributed by atoms with Gasteiger partial charge in [0.05, 0.1) is 17.9 Å². The second kappa shape index (κ2) is 7.60. The predicted molar refractivity (Wildman–Crippen MR) is 110 cm³/mol.